The third-order valence-corrected chi connectivity index (χ3v) is 4.74. The van der Waals surface area contributed by atoms with Gasteiger partial charge in [0.15, 0.2) is 0 Å². The van der Waals surface area contributed by atoms with Crippen LogP contribution in [0.5, 0.6) is 0 Å². The molecule has 1 aromatic carbocycles. The van der Waals surface area contributed by atoms with Gasteiger partial charge in [0.05, 0.1) is 5.75 Å². The number of hydrogen-bond acceptors (Lipinski definition) is 6. The van der Waals surface area contributed by atoms with Crippen molar-refractivity contribution in [2.75, 3.05) is 5.75 Å². The highest BCUT2D eigenvalue weighted by atomic mass is 32.2. The van der Waals surface area contributed by atoms with Gasteiger partial charge in [-0.2, -0.15) is 8.42 Å². The fraction of sp³-hybridized carbons (Fsp3) is 0.562. The highest BCUT2D eigenvalue weighted by Gasteiger charge is 2.23. The van der Waals surface area contributed by atoms with Crippen molar-refractivity contribution >= 4 is 16.1 Å². The van der Waals surface area contributed by atoms with Crippen LogP contribution in [0.25, 0.3) is 0 Å². The van der Waals surface area contributed by atoms with Gasteiger partial charge < -0.3 is 15.7 Å². The van der Waals surface area contributed by atoms with Crippen LogP contribution in [0.3, 0.4) is 0 Å². The van der Waals surface area contributed by atoms with Gasteiger partial charge in [0.1, 0.15) is 6.04 Å². The van der Waals surface area contributed by atoms with E-state index in [2.05, 4.69) is 4.18 Å². The number of hydrogen-bond donors (Lipinski definition) is 2. The summed E-state index contributed by atoms with van der Waals surface area (Å²) < 4.78 is 28.0. The monoisotopic (exact) mass is 342 g/mol. The molecule has 0 fully saturated rings. The molecule has 130 valence electrons. The molecule has 0 aromatic heterocycles. The number of rotatable bonds is 9. The molecule has 4 N–H and O–H groups in total. The summed E-state index contributed by atoms with van der Waals surface area (Å²) in [6, 6.07) is 4.63. The van der Waals surface area contributed by atoms with Crippen molar-refractivity contribution in [3.05, 3.63) is 34.9 Å². The summed E-state index contributed by atoms with van der Waals surface area (Å²) in [5.74, 6) is -1.09. The second-order valence-electron chi connectivity index (χ2n) is 5.66. The van der Waals surface area contributed by atoms with Gasteiger partial charge in [-0.1, -0.05) is 43.5 Å². The molecule has 0 unspecified atom stereocenters. The lowest BCUT2D eigenvalue weighted by Crippen LogP contribution is -2.36. The largest absolute Gasteiger partial charge is 0.344 e. The van der Waals surface area contributed by atoms with Crippen molar-refractivity contribution in [1.82, 2.24) is 0 Å². The summed E-state index contributed by atoms with van der Waals surface area (Å²) in [7, 11) is -3.87. The van der Waals surface area contributed by atoms with E-state index in [0.29, 0.717) is 13.0 Å². The Hall–Kier alpha value is -1.44. The lowest BCUT2D eigenvalue weighted by Gasteiger charge is -2.14. The van der Waals surface area contributed by atoms with Crippen LogP contribution in [-0.2, 0) is 32.1 Å². The molecular weight excluding hydrogens is 316 g/mol. The van der Waals surface area contributed by atoms with Crippen LogP contribution in [0.4, 0.5) is 0 Å². The zero-order valence-corrected chi connectivity index (χ0v) is 14.6. The molecule has 1 rings (SSSR count). The maximum atomic E-state index is 11.9. The molecule has 0 heterocycles. The Morgan fingerprint density at radius 1 is 1.26 bits per heavy atom. The Bertz CT molecular complexity index is 629. The summed E-state index contributed by atoms with van der Waals surface area (Å²) in [5, 5.41) is 0. The van der Waals surface area contributed by atoms with E-state index in [0.717, 1.165) is 29.5 Å². The molecule has 0 radical (unpaired) electrons. The fourth-order valence-electron chi connectivity index (χ4n) is 2.22. The first-order chi connectivity index (χ1) is 10.8. The first-order valence-corrected chi connectivity index (χ1v) is 9.37. The highest BCUT2D eigenvalue weighted by molar-refractivity contribution is 7.87. The van der Waals surface area contributed by atoms with Crippen molar-refractivity contribution in [1.29, 1.82) is 0 Å². The molecule has 0 saturated heterocycles. The minimum Gasteiger partial charge on any atom is -0.344 e. The van der Waals surface area contributed by atoms with Crippen LogP contribution in [0.2, 0.25) is 0 Å². The summed E-state index contributed by atoms with van der Waals surface area (Å²) >= 11 is 0. The van der Waals surface area contributed by atoms with Crippen molar-refractivity contribution in [3.8, 4) is 0 Å². The van der Waals surface area contributed by atoms with Crippen LogP contribution in [0, 0.1) is 6.92 Å². The summed E-state index contributed by atoms with van der Waals surface area (Å²) in [6.45, 7) is 4.24. The number of benzene rings is 1. The average molecular weight is 342 g/mol. The van der Waals surface area contributed by atoms with E-state index >= 15 is 0 Å². The van der Waals surface area contributed by atoms with Gasteiger partial charge in [0.2, 0.25) is 0 Å². The molecule has 7 heteroatoms. The second kappa shape index (κ2) is 9.00. The molecule has 0 aliphatic heterocycles. The van der Waals surface area contributed by atoms with E-state index in [1.165, 1.54) is 0 Å². The molecule has 0 amide bonds. The van der Waals surface area contributed by atoms with Crippen LogP contribution in [0.1, 0.15) is 42.9 Å². The molecule has 0 spiro atoms. The number of nitrogens with two attached hydrogens (primary N) is 2. The van der Waals surface area contributed by atoms with Crippen molar-refractivity contribution < 1.29 is 17.4 Å². The Labute approximate surface area is 138 Å². The predicted octanol–water partition coefficient (Wildman–Crippen LogP) is 1.39. The fourth-order valence-corrected chi connectivity index (χ4v) is 3.24. The van der Waals surface area contributed by atoms with Gasteiger partial charge in [-0.15, -0.1) is 0 Å². The standard InChI is InChI=1S/C16H26N2O4S/c1-3-4-5-8-23(20,21)22-16(19)15(18)10-13-7-6-12(2)9-14(13)11-17/h6-7,9,15H,3-5,8,10-11,17-18H2,1-2H3/t15-/m0/s1. The highest BCUT2D eigenvalue weighted by Crippen LogP contribution is 2.14. The van der Waals surface area contributed by atoms with Gasteiger partial charge in [0, 0.05) is 6.54 Å². The van der Waals surface area contributed by atoms with Crippen molar-refractivity contribution in [2.45, 2.75) is 52.1 Å². The molecule has 23 heavy (non-hydrogen) atoms. The minimum absolute atomic E-state index is 0.169. The topological polar surface area (TPSA) is 112 Å². The first-order valence-electron chi connectivity index (χ1n) is 7.79. The molecule has 0 saturated carbocycles. The van der Waals surface area contributed by atoms with Gasteiger partial charge in [-0.05, 0) is 30.9 Å². The number of aryl methyl sites for hydroxylation is 1. The summed E-state index contributed by atoms with van der Waals surface area (Å²) in [5.41, 5.74) is 14.3. The van der Waals surface area contributed by atoms with E-state index < -0.39 is 22.1 Å². The number of carbonyl (C=O) groups is 1. The molecular formula is C16H26N2O4S. The van der Waals surface area contributed by atoms with Gasteiger partial charge in [0.25, 0.3) is 0 Å². The van der Waals surface area contributed by atoms with Crippen LogP contribution in [0.15, 0.2) is 18.2 Å². The zero-order valence-electron chi connectivity index (χ0n) is 13.7. The summed E-state index contributed by atoms with van der Waals surface area (Å²) in [6.07, 6.45) is 2.32. The lowest BCUT2D eigenvalue weighted by molar-refractivity contribution is -0.135. The summed E-state index contributed by atoms with van der Waals surface area (Å²) in [4.78, 5) is 11.9. The maximum Gasteiger partial charge on any atom is 0.339 e. The Kier molecular flexibility index (Phi) is 7.67. The first kappa shape index (κ1) is 19.6. The van der Waals surface area contributed by atoms with Crippen LogP contribution < -0.4 is 11.5 Å². The van der Waals surface area contributed by atoms with Gasteiger partial charge >= 0.3 is 16.1 Å². The van der Waals surface area contributed by atoms with Gasteiger partial charge in [-0.25, -0.2) is 4.79 Å². The third kappa shape index (κ3) is 6.68. The molecule has 1 aromatic rings. The van der Waals surface area contributed by atoms with Crippen molar-refractivity contribution in [2.24, 2.45) is 11.5 Å². The van der Waals surface area contributed by atoms with Gasteiger partial charge in [-0.3, -0.25) is 0 Å². The molecule has 0 aliphatic rings. The third-order valence-electron chi connectivity index (χ3n) is 3.53. The normalized spacial score (nSPS) is 12.9. The lowest BCUT2D eigenvalue weighted by atomic mass is 9.99. The molecule has 6 nitrogen and oxygen atoms in total. The minimum atomic E-state index is -3.87. The average Bonchev–Trinajstić information content (AvgIpc) is 2.48. The zero-order chi connectivity index (χ0) is 17.5. The second-order valence-corrected chi connectivity index (χ2v) is 7.35. The van der Waals surface area contributed by atoms with E-state index in [9.17, 15) is 13.2 Å². The Balaban J connectivity index is 2.67. The SMILES string of the molecule is CCCCCS(=O)(=O)OC(=O)[C@@H](N)Cc1ccc(C)cc1CN. The van der Waals surface area contributed by atoms with Crippen LogP contribution in [-0.4, -0.2) is 26.2 Å². The smallest absolute Gasteiger partial charge is 0.339 e. The van der Waals surface area contributed by atoms with Crippen LogP contribution >= 0.6 is 0 Å². The van der Waals surface area contributed by atoms with E-state index in [1.54, 1.807) is 0 Å². The molecule has 0 bridgehead atoms. The Morgan fingerprint density at radius 3 is 2.57 bits per heavy atom. The maximum absolute atomic E-state index is 11.9. The molecule has 1 atom stereocenters. The number of carbonyl (C=O) groups excluding carboxylic acids is 1. The molecule has 0 aliphatic carbocycles. The van der Waals surface area contributed by atoms with E-state index in [-0.39, 0.29) is 12.2 Å². The number of unbranched alkanes of at least 4 members (excludes halogenated alkanes) is 2. The van der Waals surface area contributed by atoms with E-state index in [1.807, 2.05) is 32.0 Å². The van der Waals surface area contributed by atoms with E-state index in [4.69, 9.17) is 11.5 Å². The Morgan fingerprint density at radius 2 is 1.96 bits per heavy atom. The predicted molar refractivity (Wildman–Crippen MR) is 90.2 cm³/mol. The van der Waals surface area contributed by atoms with Crippen molar-refractivity contribution in [3.63, 3.8) is 0 Å². The quantitative estimate of drug-likeness (QED) is 0.518.